The molecule has 6 heteroatoms. The number of nitrogens with one attached hydrogen (secondary N) is 1. The van der Waals surface area contributed by atoms with Crippen LogP contribution in [-0.2, 0) is 11.3 Å². The Morgan fingerprint density at radius 1 is 0.941 bits per heavy atom. The third-order valence-electron chi connectivity index (χ3n) is 6.06. The number of amides is 2. The minimum absolute atomic E-state index is 0.204. The Labute approximate surface area is 198 Å². The van der Waals surface area contributed by atoms with Gasteiger partial charge in [-0.25, -0.2) is 4.68 Å². The average Bonchev–Trinajstić information content (AvgIpc) is 3.42. The van der Waals surface area contributed by atoms with Gasteiger partial charge in [0.2, 0.25) is 5.91 Å². The summed E-state index contributed by atoms with van der Waals surface area (Å²) in [7, 11) is 0. The molecule has 0 saturated carbocycles. The minimum Gasteiger partial charge on any atom is -0.350 e. The predicted octanol–water partition coefficient (Wildman–Crippen LogP) is 4.67. The van der Waals surface area contributed by atoms with E-state index in [1.54, 1.807) is 13.0 Å². The first-order chi connectivity index (χ1) is 16.5. The van der Waals surface area contributed by atoms with Crippen LogP contribution in [0.5, 0.6) is 0 Å². The zero-order valence-corrected chi connectivity index (χ0v) is 18.8. The fraction of sp³-hybridized carbons (Fsp3) is 0.107. The minimum atomic E-state index is -0.697. The van der Waals surface area contributed by atoms with Crippen LogP contribution in [0.15, 0.2) is 97.7 Å². The third-order valence-corrected chi connectivity index (χ3v) is 6.06. The van der Waals surface area contributed by atoms with E-state index in [4.69, 9.17) is 5.10 Å². The number of carbonyl (C=O) groups is 2. The summed E-state index contributed by atoms with van der Waals surface area (Å²) in [6.45, 7) is 6.05. The normalized spacial score (nSPS) is 13.6. The summed E-state index contributed by atoms with van der Waals surface area (Å²) in [5.74, 6) is -0.459. The summed E-state index contributed by atoms with van der Waals surface area (Å²) in [4.78, 5) is 27.5. The van der Waals surface area contributed by atoms with Gasteiger partial charge in [0, 0.05) is 40.7 Å². The molecule has 3 aromatic carbocycles. The second-order valence-corrected chi connectivity index (χ2v) is 8.21. The molecule has 34 heavy (non-hydrogen) atoms. The van der Waals surface area contributed by atoms with Crippen LogP contribution in [0.3, 0.4) is 0 Å². The van der Waals surface area contributed by atoms with Crippen molar-refractivity contribution in [2.24, 2.45) is 0 Å². The van der Waals surface area contributed by atoms with Crippen molar-refractivity contribution in [3.05, 3.63) is 114 Å². The van der Waals surface area contributed by atoms with Gasteiger partial charge in [-0.05, 0) is 25.1 Å². The maximum absolute atomic E-state index is 13.1. The molecule has 0 fully saturated rings. The largest absolute Gasteiger partial charge is 0.350 e. The molecule has 2 heterocycles. The molecule has 0 aliphatic carbocycles. The first-order valence-corrected chi connectivity index (χ1v) is 11.1. The van der Waals surface area contributed by atoms with Crippen molar-refractivity contribution in [1.82, 2.24) is 20.0 Å². The molecular formula is C28H24N4O2. The van der Waals surface area contributed by atoms with Gasteiger partial charge in [0.1, 0.15) is 6.04 Å². The van der Waals surface area contributed by atoms with E-state index < -0.39 is 6.04 Å². The van der Waals surface area contributed by atoms with Gasteiger partial charge in [-0.1, -0.05) is 73.3 Å². The van der Waals surface area contributed by atoms with Crippen LogP contribution < -0.4 is 5.32 Å². The molecule has 0 spiro atoms. The zero-order valence-electron chi connectivity index (χ0n) is 18.8. The SMILES string of the molecule is C=C1c2ccccc2C(=O)N1C(C)C(=O)NCc1cn(-c2ccccc2)nc1-c1ccccc1. The van der Waals surface area contributed by atoms with Crippen molar-refractivity contribution in [3.8, 4) is 16.9 Å². The lowest BCUT2D eigenvalue weighted by Crippen LogP contribution is -2.44. The van der Waals surface area contributed by atoms with Gasteiger partial charge >= 0.3 is 0 Å². The average molecular weight is 449 g/mol. The topological polar surface area (TPSA) is 67.2 Å². The number of para-hydroxylation sites is 1. The molecule has 1 N–H and O–H groups in total. The maximum atomic E-state index is 13.1. The number of nitrogens with zero attached hydrogens (tertiary/aromatic N) is 3. The van der Waals surface area contributed by atoms with Gasteiger partial charge in [0.05, 0.1) is 11.4 Å². The summed E-state index contributed by atoms with van der Waals surface area (Å²) in [6, 6.07) is 26.3. The number of benzene rings is 3. The molecule has 1 atom stereocenters. The fourth-order valence-corrected chi connectivity index (χ4v) is 4.25. The Bertz CT molecular complexity index is 1340. The first kappa shape index (κ1) is 21.4. The van der Waals surface area contributed by atoms with Crippen molar-refractivity contribution in [2.75, 3.05) is 0 Å². The lowest BCUT2D eigenvalue weighted by Gasteiger charge is -2.24. The maximum Gasteiger partial charge on any atom is 0.259 e. The van der Waals surface area contributed by atoms with Gasteiger partial charge in [-0.3, -0.25) is 14.5 Å². The molecule has 1 aliphatic rings. The smallest absolute Gasteiger partial charge is 0.259 e. The van der Waals surface area contributed by atoms with E-state index in [9.17, 15) is 9.59 Å². The molecule has 6 nitrogen and oxygen atoms in total. The zero-order chi connectivity index (χ0) is 23.7. The molecule has 168 valence electrons. The first-order valence-electron chi connectivity index (χ1n) is 11.1. The predicted molar refractivity (Wildman–Crippen MR) is 132 cm³/mol. The van der Waals surface area contributed by atoms with Crippen LogP contribution in [0, 0.1) is 0 Å². The molecular weight excluding hydrogens is 424 g/mol. The quantitative estimate of drug-likeness (QED) is 0.466. The standard InChI is InChI=1S/C28H24N4O2/c1-19-24-15-9-10-16-25(24)28(34)32(19)20(2)27(33)29-17-22-18-31(23-13-7-4-8-14-23)30-26(22)21-11-5-3-6-12-21/h3-16,18,20H,1,17H2,2H3,(H,29,33). The van der Waals surface area contributed by atoms with Gasteiger partial charge in [0.25, 0.3) is 5.91 Å². The van der Waals surface area contributed by atoms with Crippen LogP contribution in [0.1, 0.15) is 28.4 Å². The van der Waals surface area contributed by atoms with Crippen molar-refractivity contribution < 1.29 is 9.59 Å². The highest BCUT2D eigenvalue weighted by molar-refractivity contribution is 6.10. The van der Waals surface area contributed by atoms with Gasteiger partial charge in [-0.15, -0.1) is 0 Å². The molecule has 4 aromatic rings. The number of rotatable bonds is 6. The van der Waals surface area contributed by atoms with Gasteiger partial charge in [-0.2, -0.15) is 5.10 Å². The van der Waals surface area contributed by atoms with Crippen LogP contribution in [0.2, 0.25) is 0 Å². The van der Waals surface area contributed by atoms with E-state index in [0.717, 1.165) is 28.1 Å². The summed E-state index contributed by atoms with van der Waals surface area (Å²) >= 11 is 0. The Morgan fingerprint density at radius 3 is 2.24 bits per heavy atom. The molecule has 0 bridgehead atoms. The molecule has 1 aliphatic heterocycles. The van der Waals surface area contributed by atoms with Crippen molar-refractivity contribution in [3.63, 3.8) is 0 Å². The van der Waals surface area contributed by atoms with E-state index in [2.05, 4.69) is 11.9 Å². The van der Waals surface area contributed by atoms with Crippen molar-refractivity contribution >= 4 is 17.5 Å². The molecule has 0 saturated heterocycles. The number of fused-ring (bicyclic) bond motifs is 1. The Kier molecular flexibility index (Phi) is 5.55. The third kappa shape index (κ3) is 3.79. The highest BCUT2D eigenvalue weighted by Gasteiger charge is 2.36. The molecule has 0 radical (unpaired) electrons. The van der Waals surface area contributed by atoms with Crippen LogP contribution >= 0.6 is 0 Å². The van der Waals surface area contributed by atoms with Gasteiger partial charge < -0.3 is 5.32 Å². The fourth-order valence-electron chi connectivity index (χ4n) is 4.25. The Balaban J connectivity index is 1.37. The molecule has 1 unspecified atom stereocenters. The number of hydrogen-bond donors (Lipinski definition) is 1. The van der Waals surface area contributed by atoms with E-state index in [0.29, 0.717) is 11.3 Å². The molecule has 5 rings (SSSR count). The van der Waals surface area contributed by atoms with Crippen molar-refractivity contribution in [1.29, 1.82) is 0 Å². The van der Waals surface area contributed by atoms with Gasteiger partial charge in [0.15, 0.2) is 0 Å². The summed E-state index contributed by atoms with van der Waals surface area (Å²) in [5, 5.41) is 7.78. The summed E-state index contributed by atoms with van der Waals surface area (Å²) in [5.41, 5.74) is 5.46. The van der Waals surface area contributed by atoms with Crippen molar-refractivity contribution in [2.45, 2.75) is 19.5 Å². The monoisotopic (exact) mass is 448 g/mol. The molecule has 1 aromatic heterocycles. The Morgan fingerprint density at radius 2 is 1.56 bits per heavy atom. The Hall–Kier alpha value is -4.45. The second kappa shape index (κ2) is 8.83. The highest BCUT2D eigenvalue weighted by Crippen LogP contribution is 2.33. The van der Waals surface area contributed by atoms with E-state index in [-0.39, 0.29) is 18.4 Å². The van der Waals surface area contributed by atoms with Crippen LogP contribution in [0.25, 0.3) is 22.6 Å². The van der Waals surface area contributed by atoms with Crippen LogP contribution in [0.4, 0.5) is 0 Å². The van der Waals surface area contributed by atoms with E-state index >= 15 is 0 Å². The number of hydrogen-bond acceptors (Lipinski definition) is 3. The second-order valence-electron chi connectivity index (χ2n) is 8.21. The summed E-state index contributed by atoms with van der Waals surface area (Å²) in [6.07, 6.45) is 1.93. The van der Waals surface area contributed by atoms with E-state index in [1.165, 1.54) is 4.90 Å². The van der Waals surface area contributed by atoms with Crippen LogP contribution in [-0.4, -0.2) is 32.5 Å². The summed E-state index contributed by atoms with van der Waals surface area (Å²) < 4.78 is 1.82. The molecule has 2 amide bonds. The lowest BCUT2D eigenvalue weighted by atomic mass is 10.1. The lowest BCUT2D eigenvalue weighted by molar-refractivity contribution is -0.124. The number of aromatic nitrogens is 2. The number of carbonyl (C=O) groups excluding carboxylic acids is 2. The highest BCUT2D eigenvalue weighted by atomic mass is 16.2. The van der Waals surface area contributed by atoms with E-state index in [1.807, 2.05) is 89.7 Å².